The standard InChI is InChI=1S/C17H23NO3/c1-3-18(11-13-7-5-4-6-8-13)16(19)14-9-12(2)10-15(14)17(20)21/h4-8,12,14-15H,3,9-11H2,1-2H3,(H,20,21). The number of carbonyl (C=O) groups is 2. The van der Waals surface area contributed by atoms with Crippen molar-refractivity contribution in [3.8, 4) is 0 Å². The van der Waals surface area contributed by atoms with Crippen LogP contribution in [0.25, 0.3) is 0 Å². The van der Waals surface area contributed by atoms with Gasteiger partial charge in [-0.15, -0.1) is 0 Å². The van der Waals surface area contributed by atoms with Crippen LogP contribution in [0.4, 0.5) is 0 Å². The van der Waals surface area contributed by atoms with Gasteiger partial charge in [0.05, 0.1) is 11.8 Å². The van der Waals surface area contributed by atoms with Crippen molar-refractivity contribution in [2.75, 3.05) is 6.54 Å². The van der Waals surface area contributed by atoms with Gasteiger partial charge >= 0.3 is 5.97 Å². The lowest BCUT2D eigenvalue weighted by molar-refractivity contribution is -0.149. The molecule has 4 nitrogen and oxygen atoms in total. The average molecular weight is 289 g/mol. The van der Waals surface area contributed by atoms with Gasteiger partial charge in [-0.25, -0.2) is 0 Å². The molecule has 2 rings (SSSR count). The second-order valence-corrected chi connectivity index (χ2v) is 5.97. The van der Waals surface area contributed by atoms with Gasteiger partial charge in [-0.3, -0.25) is 9.59 Å². The van der Waals surface area contributed by atoms with Crippen molar-refractivity contribution < 1.29 is 14.7 Å². The van der Waals surface area contributed by atoms with Gasteiger partial charge in [0.2, 0.25) is 5.91 Å². The van der Waals surface area contributed by atoms with Crippen molar-refractivity contribution in [2.24, 2.45) is 17.8 Å². The lowest BCUT2D eigenvalue weighted by Gasteiger charge is -2.26. The Hall–Kier alpha value is -1.84. The van der Waals surface area contributed by atoms with Gasteiger partial charge < -0.3 is 10.0 Å². The van der Waals surface area contributed by atoms with E-state index in [4.69, 9.17) is 0 Å². The van der Waals surface area contributed by atoms with E-state index in [1.54, 1.807) is 4.90 Å². The minimum Gasteiger partial charge on any atom is -0.481 e. The smallest absolute Gasteiger partial charge is 0.307 e. The van der Waals surface area contributed by atoms with Gasteiger partial charge in [-0.1, -0.05) is 37.3 Å². The molecule has 21 heavy (non-hydrogen) atoms. The highest BCUT2D eigenvalue weighted by molar-refractivity contribution is 5.85. The van der Waals surface area contributed by atoms with Gasteiger partial charge in [0, 0.05) is 13.1 Å². The maximum atomic E-state index is 12.7. The van der Waals surface area contributed by atoms with Crippen LogP contribution < -0.4 is 0 Å². The van der Waals surface area contributed by atoms with Crippen LogP contribution in [0.3, 0.4) is 0 Å². The molecule has 3 atom stereocenters. The third-order valence-electron chi connectivity index (χ3n) is 4.34. The van der Waals surface area contributed by atoms with E-state index in [0.717, 1.165) is 5.56 Å². The van der Waals surface area contributed by atoms with Crippen LogP contribution in [-0.2, 0) is 16.1 Å². The normalized spacial score (nSPS) is 24.8. The Labute approximate surface area is 125 Å². The number of hydrogen-bond acceptors (Lipinski definition) is 2. The zero-order valence-electron chi connectivity index (χ0n) is 12.7. The van der Waals surface area contributed by atoms with Gasteiger partial charge in [0.1, 0.15) is 0 Å². The van der Waals surface area contributed by atoms with E-state index in [9.17, 15) is 14.7 Å². The van der Waals surface area contributed by atoms with Gasteiger partial charge in [0.25, 0.3) is 0 Å². The molecule has 1 saturated carbocycles. The van der Waals surface area contributed by atoms with Crippen molar-refractivity contribution in [2.45, 2.75) is 33.2 Å². The summed E-state index contributed by atoms with van der Waals surface area (Å²) in [7, 11) is 0. The van der Waals surface area contributed by atoms with Crippen LogP contribution in [0, 0.1) is 17.8 Å². The minimum absolute atomic E-state index is 0.0156. The van der Waals surface area contributed by atoms with Gasteiger partial charge in [-0.2, -0.15) is 0 Å². The monoisotopic (exact) mass is 289 g/mol. The van der Waals surface area contributed by atoms with Crippen molar-refractivity contribution in [1.82, 2.24) is 4.90 Å². The van der Waals surface area contributed by atoms with Crippen molar-refractivity contribution >= 4 is 11.9 Å². The molecule has 1 fully saturated rings. The van der Waals surface area contributed by atoms with E-state index in [1.807, 2.05) is 44.2 Å². The van der Waals surface area contributed by atoms with Crippen molar-refractivity contribution in [3.63, 3.8) is 0 Å². The molecular weight excluding hydrogens is 266 g/mol. The fourth-order valence-electron chi connectivity index (χ4n) is 3.22. The van der Waals surface area contributed by atoms with E-state index in [0.29, 0.717) is 31.8 Å². The number of amides is 1. The van der Waals surface area contributed by atoms with Crippen molar-refractivity contribution in [3.05, 3.63) is 35.9 Å². The van der Waals surface area contributed by atoms with Crippen LogP contribution in [0.15, 0.2) is 30.3 Å². The Morgan fingerprint density at radius 1 is 1.19 bits per heavy atom. The first-order valence-electron chi connectivity index (χ1n) is 7.58. The maximum Gasteiger partial charge on any atom is 0.307 e. The summed E-state index contributed by atoms with van der Waals surface area (Å²) in [5.74, 6) is -1.46. The number of benzene rings is 1. The largest absolute Gasteiger partial charge is 0.481 e. The molecule has 1 aromatic rings. The van der Waals surface area contributed by atoms with Gasteiger partial charge in [0.15, 0.2) is 0 Å². The Morgan fingerprint density at radius 3 is 2.38 bits per heavy atom. The number of carboxylic acid groups (broad SMARTS) is 1. The summed E-state index contributed by atoms with van der Waals surface area (Å²) in [6.45, 7) is 5.12. The molecule has 0 radical (unpaired) electrons. The molecule has 0 saturated heterocycles. The van der Waals surface area contributed by atoms with E-state index in [-0.39, 0.29) is 11.8 Å². The van der Waals surface area contributed by atoms with E-state index >= 15 is 0 Å². The topological polar surface area (TPSA) is 57.6 Å². The number of aliphatic carboxylic acids is 1. The maximum absolute atomic E-state index is 12.7. The molecule has 0 spiro atoms. The first kappa shape index (κ1) is 15.5. The summed E-state index contributed by atoms with van der Waals surface area (Å²) in [5, 5.41) is 9.32. The predicted octanol–water partition coefficient (Wildman–Crippen LogP) is 2.78. The van der Waals surface area contributed by atoms with Crippen molar-refractivity contribution in [1.29, 1.82) is 0 Å². The number of carbonyl (C=O) groups excluding carboxylic acids is 1. The second-order valence-electron chi connectivity index (χ2n) is 5.97. The van der Waals surface area contributed by atoms with Crippen LogP contribution >= 0.6 is 0 Å². The number of hydrogen-bond donors (Lipinski definition) is 1. The Kier molecular flexibility index (Phi) is 4.99. The molecule has 0 heterocycles. The van der Waals surface area contributed by atoms with E-state index in [1.165, 1.54) is 0 Å². The minimum atomic E-state index is -0.839. The Balaban J connectivity index is 2.10. The van der Waals surface area contributed by atoms with Crippen LogP contribution in [0.5, 0.6) is 0 Å². The Bertz CT molecular complexity index is 500. The molecule has 1 aromatic carbocycles. The highest BCUT2D eigenvalue weighted by Crippen LogP contribution is 2.37. The summed E-state index contributed by atoms with van der Waals surface area (Å²) < 4.78 is 0. The second kappa shape index (κ2) is 6.74. The summed E-state index contributed by atoms with van der Waals surface area (Å²) in [4.78, 5) is 25.8. The molecule has 0 aromatic heterocycles. The average Bonchev–Trinajstić information content (AvgIpc) is 2.87. The summed E-state index contributed by atoms with van der Waals surface area (Å²) in [5.41, 5.74) is 1.07. The summed E-state index contributed by atoms with van der Waals surface area (Å²) in [6, 6.07) is 9.82. The number of carboxylic acids is 1. The quantitative estimate of drug-likeness (QED) is 0.906. The molecule has 4 heteroatoms. The summed E-state index contributed by atoms with van der Waals surface area (Å²) >= 11 is 0. The van der Waals surface area contributed by atoms with E-state index in [2.05, 4.69) is 0 Å². The van der Waals surface area contributed by atoms with Gasteiger partial charge in [-0.05, 0) is 31.2 Å². The molecule has 1 amide bonds. The van der Waals surface area contributed by atoms with Crippen LogP contribution in [-0.4, -0.2) is 28.4 Å². The SMILES string of the molecule is CCN(Cc1ccccc1)C(=O)C1CC(C)CC1C(=O)O. The summed E-state index contributed by atoms with van der Waals surface area (Å²) in [6.07, 6.45) is 1.29. The fourth-order valence-corrected chi connectivity index (χ4v) is 3.22. The lowest BCUT2D eigenvalue weighted by Crippen LogP contribution is -2.38. The third kappa shape index (κ3) is 3.63. The molecule has 1 aliphatic carbocycles. The first-order valence-corrected chi connectivity index (χ1v) is 7.58. The Morgan fingerprint density at radius 2 is 1.81 bits per heavy atom. The highest BCUT2D eigenvalue weighted by atomic mass is 16.4. The molecule has 1 N–H and O–H groups in total. The first-order chi connectivity index (χ1) is 10.0. The lowest BCUT2D eigenvalue weighted by atomic mass is 9.94. The zero-order chi connectivity index (χ0) is 15.4. The van der Waals surface area contributed by atoms with E-state index < -0.39 is 11.9 Å². The fraction of sp³-hybridized carbons (Fsp3) is 0.529. The zero-order valence-corrected chi connectivity index (χ0v) is 12.7. The van der Waals surface area contributed by atoms with Crippen LogP contribution in [0.2, 0.25) is 0 Å². The molecular formula is C17H23NO3. The molecule has 3 unspecified atom stereocenters. The third-order valence-corrected chi connectivity index (χ3v) is 4.34. The number of rotatable bonds is 5. The molecule has 1 aliphatic rings. The molecule has 0 aliphatic heterocycles. The molecule has 0 bridgehead atoms. The van der Waals surface area contributed by atoms with Crippen LogP contribution in [0.1, 0.15) is 32.3 Å². The predicted molar refractivity (Wildman–Crippen MR) is 80.5 cm³/mol. The molecule has 114 valence electrons. The number of nitrogens with zero attached hydrogens (tertiary/aromatic N) is 1. The highest BCUT2D eigenvalue weighted by Gasteiger charge is 2.42.